The molecule has 0 aromatic heterocycles. The average molecular weight is 245 g/mol. The van der Waals surface area contributed by atoms with E-state index < -0.39 is 0 Å². The number of hydrogen-bond donors (Lipinski definition) is 0. The molecule has 0 spiro atoms. The lowest BCUT2D eigenvalue weighted by Crippen LogP contribution is -2.01. The molecule has 1 heteroatoms. The fraction of sp³-hybridized carbons (Fsp3) is 1.00. The quantitative estimate of drug-likeness (QED) is 0.425. The van der Waals surface area contributed by atoms with Gasteiger partial charge >= 0.3 is 0 Å². The molecule has 0 aromatic carbocycles. The van der Waals surface area contributed by atoms with Gasteiger partial charge < -0.3 is 0 Å². The number of halogens is 1. The number of rotatable bonds is 4. The standard InChI is InChI=1S/C15H29Cl/c16-14-10-9-13-15-11-7-5-3-1-2-4-6-8-12-15/h15H,1-14H2. The van der Waals surface area contributed by atoms with Crippen LogP contribution in [0.4, 0.5) is 0 Å². The van der Waals surface area contributed by atoms with Crippen LogP contribution in [0.15, 0.2) is 0 Å². The molecular weight excluding hydrogens is 216 g/mol. The van der Waals surface area contributed by atoms with E-state index in [2.05, 4.69) is 0 Å². The Bertz CT molecular complexity index is 132. The molecule has 16 heavy (non-hydrogen) atoms. The van der Waals surface area contributed by atoms with Crippen LogP contribution in [-0.2, 0) is 0 Å². The smallest absolute Gasteiger partial charge is 0.0223 e. The van der Waals surface area contributed by atoms with Gasteiger partial charge in [-0.2, -0.15) is 0 Å². The van der Waals surface area contributed by atoms with Crippen molar-refractivity contribution in [2.75, 3.05) is 5.88 Å². The highest BCUT2D eigenvalue weighted by Crippen LogP contribution is 2.25. The van der Waals surface area contributed by atoms with E-state index in [-0.39, 0.29) is 0 Å². The van der Waals surface area contributed by atoms with Crippen molar-refractivity contribution in [2.45, 2.75) is 83.5 Å². The van der Waals surface area contributed by atoms with Crippen molar-refractivity contribution in [3.8, 4) is 0 Å². The number of alkyl halides is 1. The summed E-state index contributed by atoms with van der Waals surface area (Å²) in [6.45, 7) is 0. The van der Waals surface area contributed by atoms with Gasteiger partial charge in [0.15, 0.2) is 0 Å². The van der Waals surface area contributed by atoms with Crippen LogP contribution >= 0.6 is 11.6 Å². The van der Waals surface area contributed by atoms with Gasteiger partial charge in [-0.15, -0.1) is 11.6 Å². The van der Waals surface area contributed by atoms with E-state index in [1.807, 2.05) is 0 Å². The SMILES string of the molecule is ClCCCCC1CCCCCCCCCC1. The van der Waals surface area contributed by atoms with Crippen LogP contribution in [0.2, 0.25) is 0 Å². The van der Waals surface area contributed by atoms with E-state index in [1.165, 1.54) is 83.5 Å². The van der Waals surface area contributed by atoms with Crippen molar-refractivity contribution >= 4 is 11.6 Å². The molecule has 0 aliphatic heterocycles. The minimum atomic E-state index is 0.854. The minimum Gasteiger partial charge on any atom is -0.127 e. The Balaban J connectivity index is 2.17. The van der Waals surface area contributed by atoms with Crippen LogP contribution < -0.4 is 0 Å². The van der Waals surface area contributed by atoms with Gasteiger partial charge in [0.05, 0.1) is 0 Å². The highest BCUT2D eigenvalue weighted by atomic mass is 35.5. The molecule has 1 rings (SSSR count). The number of unbranched alkanes of at least 4 members (excludes halogenated alkanes) is 1. The molecular formula is C15H29Cl. The Morgan fingerprint density at radius 2 is 1.19 bits per heavy atom. The molecule has 0 N–H and O–H groups in total. The van der Waals surface area contributed by atoms with Crippen molar-refractivity contribution in [1.29, 1.82) is 0 Å². The second-order valence-electron chi connectivity index (χ2n) is 5.46. The Kier molecular flexibility index (Phi) is 9.37. The lowest BCUT2D eigenvalue weighted by atomic mass is 9.91. The van der Waals surface area contributed by atoms with E-state index in [4.69, 9.17) is 11.6 Å². The van der Waals surface area contributed by atoms with Crippen molar-refractivity contribution in [3.63, 3.8) is 0 Å². The Hall–Kier alpha value is 0.290. The summed E-state index contributed by atoms with van der Waals surface area (Å²) in [6, 6.07) is 0. The third-order valence-corrected chi connectivity index (χ3v) is 4.24. The van der Waals surface area contributed by atoms with Crippen molar-refractivity contribution < 1.29 is 0 Å². The first-order valence-electron chi connectivity index (χ1n) is 7.49. The van der Waals surface area contributed by atoms with Gasteiger partial charge in [-0.1, -0.05) is 77.0 Å². The molecule has 1 saturated carbocycles. The molecule has 96 valence electrons. The van der Waals surface area contributed by atoms with Gasteiger partial charge in [-0.25, -0.2) is 0 Å². The maximum Gasteiger partial charge on any atom is 0.0223 e. The molecule has 0 unspecified atom stereocenters. The molecule has 0 amide bonds. The van der Waals surface area contributed by atoms with Crippen LogP contribution in [0.25, 0.3) is 0 Å². The molecule has 0 saturated heterocycles. The lowest BCUT2D eigenvalue weighted by Gasteiger charge is -2.16. The summed E-state index contributed by atoms with van der Waals surface area (Å²) < 4.78 is 0. The zero-order chi connectivity index (χ0) is 11.5. The predicted molar refractivity (Wildman–Crippen MR) is 74.2 cm³/mol. The Morgan fingerprint density at radius 1 is 0.688 bits per heavy atom. The summed E-state index contributed by atoms with van der Waals surface area (Å²) in [7, 11) is 0. The van der Waals surface area contributed by atoms with Crippen LogP contribution in [0.5, 0.6) is 0 Å². The summed E-state index contributed by atoms with van der Waals surface area (Å²) in [6.07, 6.45) is 18.8. The van der Waals surface area contributed by atoms with Crippen molar-refractivity contribution in [3.05, 3.63) is 0 Å². The first kappa shape index (κ1) is 14.4. The van der Waals surface area contributed by atoms with E-state index >= 15 is 0 Å². The third-order valence-electron chi connectivity index (χ3n) is 3.97. The normalized spacial score (nSPS) is 21.6. The zero-order valence-corrected chi connectivity index (χ0v) is 11.6. The molecule has 0 heterocycles. The molecule has 0 radical (unpaired) electrons. The highest BCUT2D eigenvalue weighted by Gasteiger charge is 2.09. The fourth-order valence-electron chi connectivity index (χ4n) is 2.89. The summed E-state index contributed by atoms with van der Waals surface area (Å²) in [4.78, 5) is 0. The van der Waals surface area contributed by atoms with Gasteiger partial charge in [0, 0.05) is 5.88 Å². The second kappa shape index (κ2) is 10.4. The Morgan fingerprint density at radius 3 is 1.69 bits per heavy atom. The number of hydrogen-bond acceptors (Lipinski definition) is 0. The lowest BCUT2D eigenvalue weighted by molar-refractivity contribution is 0.379. The average Bonchev–Trinajstić information content (AvgIpc) is 2.35. The summed E-state index contributed by atoms with van der Waals surface area (Å²) in [5, 5.41) is 0. The maximum atomic E-state index is 5.75. The second-order valence-corrected chi connectivity index (χ2v) is 5.83. The van der Waals surface area contributed by atoms with E-state index in [9.17, 15) is 0 Å². The molecule has 1 aliphatic rings. The van der Waals surface area contributed by atoms with Gasteiger partial charge in [0.25, 0.3) is 0 Å². The molecule has 1 fully saturated rings. The fourth-order valence-corrected chi connectivity index (χ4v) is 3.08. The van der Waals surface area contributed by atoms with Gasteiger partial charge in [-0.05, 0) is 12.3 Å². The van der Waals surface area contributed by atoms with Gasteiger partial charge in [-0.3, -0.25) is 0 Å². The third kappa shape index (κ3) is 7.54. The Labute approximate surface area is 107 Å². The molecule has 0 aromatic rings. The maximum absolute atomic E-state index is 5.75. The van der Waals surface area contributed by atoms with Crippen LogP contribution in [0, 0.1) is 5.92 Å². The van der Waals surface area contributed by atoms with Crippen LogP contribution in [0.1, 0.15) is 83.5 Å². The molecule has 0 bridgehead atoms. The molecule has 1 aliphatic carbocycles. The minimum absolute atomic E-state index is 0.854. The summed E-state index contributed by atoms with van der Waals surface area (Å²) in [5.41, 5.74) is 0. The van der Waals surface area contributed by atoms with Crippen LogP contribution in [0.3, 0.4) is 0 Å². The monoisotopic (exact) mass is 244 g/mol. The largest absolute Gasteiger partial charge is 0.127 e. The molecule has 0 atom stereocenters. The first-order chi connectivity index (χ1) is 7.93. The highest BCUT2D eigenvalue weighted by molar-refractivity contribution is 6.17. The van der Waals surface area contributed by atoms with Gasteiger partial charge in [0.2, 0.25) is 0 Å². The van der Waals surface area contributed by atoms with Crippen molar-refractivity contribution in [2.24, 2.45) is 5.92 Å². The van der Waals surface area contributed by atoms with Crippen molar-refractivity contribution in [1.82, 2.24) is 0 Å². The topological polar surface area (TPSA) is 0 Å². The zero-order valence-electron chi connectivity index (χ0n) is 10.9. The van der Waals surface area contributed by atoms with E-state index in [0.29, 0.717) is 0 Å². The first-order valence-corrected chi connectivity index (χ1v) is 8.03. The van der Waals surface area contributed by atoms with Gasteiger partial charge in [0.1, 0.15) is 0 Å². The van der Waals surface area contributed by atoms with E-state index in [1.54, 1.807) is 0 Å². The van der Waals surface area contributed by atoms with E-state index in [0.717, 1.165) is 11.8 Å². The van der Waals surface area contributed by atoms with Crippen LogP contribution in [-0.4, -0.2) is 5.88 Å². The summed E-state index contributed by atoms with van der Waals surface area (Å²) in [5.74, 6) is 1.87. The summed E-state index contributed by atoms with van der Waals surface area (Å²) >= 11 is 5.75. The molecule has 0 nitrogen and oxygen atoms in total. The predicted octanol–water partition coefficient (Wildman–Crippen LogP) is 5.93.